The molecule has 0 radical (unpaired) electrons. The minimum atomic E-state index is -0.811. The fourth-order valence-corrected chi connectivity index (χ4v) is 3.60. The Labute approximate surface area is 187 Å². The lowest BCUT2D eigenvalue weighted by Gasteiger charge is -2.22. The summed E-state index contributed by atoms with van der Waals surface area (Å²) in [7, 11) is 0. The molecule has 0 unspecified atom stereocenters. The third kappa shape index (κ3) is 4.96. The molecule has 1 heterocycles. The van der Waals surface area contributed by atoms with Crippen molar-refractivity contribution in [2.24, 2.45) is 5.92 Å². The number of hydrogen-bond acceptors (Lipinski definition) is 4. The number of nitrogens with one attached hydrogen (secondary N) is 3. The van der Waals surface area contributed by atoms with Crippen molar-refractivity contribution in [1.29, 1.82) is 0 Å². The predicted octanol–water partition coefficient (Wildman–Crippen LogP) is 2.89. The largest absolute Gasteiger partial charge is 0.340 e. The van der Waals surface area contributed by atoms with Gasteiger partial charge < -0.3 is 9.88 Å². The average Bonchev–Trinajstić information content (AvgIpc) is 3.09. The summed E-state index contributed by atoms with van der Waals surface area (Å²) in [6.45, 7) is 10.3. The third-order valence-electron chi connectivity index (χ3n) is 5.33. The molecule has 0 bridgehead atoms. The van der Waals surface area contributed by atoms with Crippen LogP contribution in [0.5, 0.6) is 0 Å². The van der Waals surface area contributed by atoms with Gasteiger partial charge >= 0.3 is 0 Å². The van der Waals surface area contributed by atoms with Crippen molar-refractivity contribution in [1.82, 2.24) is 25.7 Å². The van der Waals surface area contributed by atoms with Crippen LogP contribution in [0.2, 0.25) is 0 Å². The summed E-state index contributed by atoms with van der Waals surface area (Å²) in [5, 5.41) is 2.75. The van der Waals surface area contributed by atoms with Crippen molar-refractivity contribution in [2.75, 3.05) is 0 Å². The van der Waals surface area contributed by atoms with Gasteiger partial charge in [0, 0.05) is 17.7 Å². The molecule has 0 aliphatic carbocycles. The molecule has 0 saturated heterocycles. The van der Waals surface area contributed by atoms with E-state index in [9.17, 15) is 14.4 Å². The van der Waals surface area contributed by atoms with E-state index in [1.165, 1.54) is 0 Å². The van der Waals surface area contributed by atoms with Crippen LogP contribution in [0, 0.1) is 19.8 Å². The number of carbonyl (C=O) groups excluding carboxylic acids is 3. The van der Waals surface area contributed by atoms with Gasteiger partial charge in [0.05, 0.1) is 11.0 Å². The van der Waals surface area contributed by atoms with E-state index in [0.29, 0.717) is 16.6 Å². The average molecular weight is 436 g/mol. The maximum absolute atomic E-state index is 12.7. The van der Waals surface area contributed by atoms with Gasteiger partial charge in [-0.05, 0) is 57.0 Å². The number of aromatic nitrogens is 2. The van der Waals surface area contributed by atoms with E-state index in [-0.39, 0.29) is 11.8 Å². The van der Waals surface area contributed by atoms with Gasteiger partial charge in [-0.25, -0.2) is 4.98 Å². The minimum absolute atomic E-state index is 0.182. The van der Waals surface area contributed by atoms with Gasteiger partial charge in [-0.3, -0.25) is 25.2 Å². The van der Waals surface area contributed by atoms with Gasteiger partial charge in [0.1, 0.15) is 11.9 Å². The van der Waals surface area contributed by atoms with Crippen LogP contribution >= 0.6 is 0 Å². The molecule has 2 aromatic carbocycles. The summed E-state index contributed by atoms with van der Waals surface area (Å²) in [6, 6.07) is 11.5. The Morgan fingerprint density at radius 3 is 2.34 bits per heavy atom. The maximum Gasteiger partial charge on any atom is 0.269 e. The Hall–Kier alpha value is -3.68. The third-order valence-corrected chi connectivity index (χ3v) is 5.33. The summed E-state index contributed by atoms with van der Waals surface area (Å²) >= 11 is 0. The van der Waals surface area contributed by atoms with Crippen LogP contribution in [0.1, 0.15) is 52.9 Å². The van der Waals surface area contributed by atoms with Crippen molar-refractivity contribution in [2.45, 2.75) is 47.2 Å². The van der Waals surface area contributed by atoms with Crippen molar-refractivity contribution >= 4 is 28.8 Å². The number of hydrogen-bond donors (Lipinski definition) is 3. The van der Waals surface area contributed by atoms with Gasteiger partial charge in [0.15, 0.2) is 0 Å². The fourth-order valence-electron chi connectivity index (χ4n) is 3.60. The number of fused-ring (bicyclic) bond motifs is 1. The number of hydrazine groups is 1. The molecule has 8 nitrogen and oxygen atoms in total. The number of imidazole rings is 1. The van der Waals surface area contributed by atoms with Gasteiger partial charge in [0.2, 0.25) is 0 Å². The number of nitrogens with zero attached hydrogens (tertiary/aromatic N) is 2. The first kappa shape index (κ1) is 23.0. The molecule has 3 rings (SSSR count). The first-order valence-corrected chi connectivity index (χ1v) is 10.7. The van der Waals surface area contributed by atoms with Crippen LogP contribution in [-0.2, 0) is 11.3 Å². The molecular formula is C24H29N5O3. The molecule has 168 valence electrons. The molecule has 3 N–H and O–H groups in total. The molecule has 0 saturated carbocycles. The molecule has 3 amide bonds. The van der Waals surface area contributed by atoms with Crippen LogP contribution in [0.4, 0.5) is 0 Å². The van der Waals surface area contributed by atoms with Crippen molar-refractivity contribution in [3.63, 3.8) is 0 Å². The monoisotopic (exact) mass is 435 g/mol. The van der Waals surface area contributed by atoms with Gasteiger partial charge in [0.25, 0.3) is 17.7 Å². The summed E-state index contributed by atoms with van der Waals surface area (Å²) in [5.74, 6) is -0.616. The molecule has 0 fully saturated rings. The summed E-state index contributed by atoms with van der Waals surface area (Å²) in [6.07, 6.45) is 0. The predicted molar refractivity (Wildman–Crippen MR) is 123 cm³/mol. The zero-order chi connectivity index (χ0) is 23.4. The Morgan fingerprint density at radius 2 is 1.69 bits per heavy atom. The van der Waals surface area contributed by atoms with E-state index < -0.39 is 17.9 Å². The number of benzene rings is 2. The number of carbonyl (C=O) groups is 3. The van der Waals surface area contributed by atoms with E-state index in [4.69, 9.17) is 0 Å². The highest BCUT2D eigenvalue weighted by atomic mass is 16.2. The lowest BCUT2D eigenvalue weighted by molar-refractivity contribution is -0.124. The first-order chi connectivity index (χ1) is 15.2. The van der Waals surface area contributed by atoms with Crippen molar-refractivity contribution in [3.8, 4) is 0 Å². The van der Waals surface area contributed by atoms with Gasteiger partial charge in [-0.15, -0.1) is 0 Å². The Kier molecular flexibility index (Phi) is 6.92. The molecule has 8 heteroatoms. The summed E-state index contributed by atoms with van der Waals surface area (Å²) in [4.78, 5) is 42.3. The maximum atomic E-state index is 12.7. The normalized spacial score (nSPS) is 11.9. The Balaban J connectivity index is 1.66. The Morgan fingerprint density at radius 1 is 0.969 bits per heavy atom. The highest BCUT2D eigenvalue weighted by Gasteiger charge is 2.25. The quantitative estimate of drug-likeness (QED) is 0.518. The lowest BCUT2D eigenvalue weighted by atomic mass is 10.0. The number of aryl methyl sites for hydroxylation is 3. The first-order valence-electron chi connectivity index (χ1n) is 10.7. The van der Waals surface area contributed by atoms with Crippen LogP contribution in [-0.4, -0.2) is 33.3 Å². The minimum Gasteiger partial charge on any atom is -0.340 e. The van der Waals surface area contributed by atoms with E-state index in [1.807, 2.05) is 46.8 Å². The SMILES string of the molecule is CCn1c(C)nc2cc(C(=O)NNC(=O)[C@@H](NC(=O)c3cccc(C)c3)C(C)C)ccc21. The van der Waals surface area contributed by atoms with Crippen molar-refractivity contribution in [3.05, 3.63) is 65.0 Å². The highest BCUT2D eigenvalue weighted by Crippen LogP contribution is 2.17. The van der Waals surface area contributed by atoms with E-state index in [1.54, 1.807) is 30.3 Å². The number of amides is 3. The van der Waals surface area contributed by atoms with E-state index >= 15 is 0 Å². The van der Waals surface area contributed by atoms with Crippen LogP contribution in [0.25, 0.3) is 11.0 Å². The molecular weight excluding hydrogens is 406 g/mol. The fraction of sp³-hybridized carbons (Fsp3) is 0.333. The smallest absolute Gasteiger partial charge is 0.269 e. The van der Waals surface area contributed by atoms with E-state index in [0.717, 1.165) is 23.4 Å². The van der Waals surface area contributed by atoms with Crippen LogP contribution in [0.15, 0.2) is 42.5 Å². The summed E-state index contributed by atoms with van der Waals surface area (Å²) in [5.41, 5.74) is 8.33. The molecule has 3 aromatic rings. The molecule has 0 aliphatic rings. The van der Waals surface area contributed by atoms with Crippen LogP contribution < -0.4 is 16.2 Å². The molecule has 0 spiro atoms. The topological polar surface area (TPSA) is 105 Å². The Bertz CT molecular complexity index is 1170. The highest BCUT2D eigenvalue weighted by molar-refractivity contribution is 6.00. The van der Waals surface area contributed by atoms with Gasteiger partial charge in [-0.1, -0.05) is 31.5 Å². The lowest BCUT2D eigenvalue weighted by Crippen LogP contribution is -2.54. The van der Waals surface area contributed by atoms with E-state index in [2.05, 4.69) is 25.7 Å². The molecule has 32 heavy (non-hydrogen) atoms. The zero-order valence-corrected chi connectivity index (χ0v) is 19.0. The molecule has 1 atom stereocenters. The molecule has 1 aromatic heterocycles. The van der Waals surface area contributed by atoms with Gasteiger partial charge in [-0.2, -0.15) is 0 Å². The second-order valence-electron chi connectivity index (χ2n) is 8.11. The molecule has 0 aliphatic heterocycles. The zero-order valence-electron chi connectivity index (χ0n) is 19.0. The number of rotatable bonds is 6. The second-order valence-corrected chi connectivity index (χ2v) is 8.11. The van der Waals surface area contributed by atoms with Crippen molar-refractivity contribution < 1.29 is 14.4 Å². The second kappa shape index (κ2) is 9.64. The summed E-state index contributed by atoms with van der Waals surface area (Å²) < 4.78 is 2.06. The standard InChI is InChI=1S/C24H29N5O3/c1-6-29-16(5)25-19-13-18(10-11-20(19)29)23(31)27-28-24(32)21(14(2)3)26-22(30)17-9-7-8-15(4)12-17/h7-14,21H,6H2,1-5H3,(H,26,30)(H,27,31)(H,28,32)/t21-/m0/s1. The van der Waals surface area contributed by atoms with Crippen LogP contribution in [0.3, 0.4) is 0 Å².